The quantitative estimate of drug-likeness (QED) is 0.167. The molecule has 2 heteroatoms. The van der Waals surface area contributed by atoms with Gasteiger partial charge >= 0.3 is 0 Å². The minimum absolute atomic E-state index is 1.12. The van der Waals surface area contributed by atoms with Gasteiger partial charge in [-0.15, -0.1) is 11.3 Å². The van der Waals surface area contributed by atoms with Gasteiger partial charge in [0.15, 0.2) is 0 Å². The van der Waals surface area contributed by atoms with Gasteiger partial charge in [0.1, 0.15) is 0 Å². The molecule has 0 saturated carbocycles. The number of thiophene rings is 1. The number of hydrogen-bond donors (Lipinski definition) is 0. The number of benzene rings is 9. The molecule has 0 radical (unpaired) electrons. The third-order valence-corrected chi connectivity index (χ3v) is 11.1. The molecule has 10 rings (SSSR count). The zero-order chi connectivity index (χ0) is 33.0. The minimum atomic E-state index is 1.12. The molecule has 0 amide bonds. The van der Waals surface area contributed by atoms with Crippen LogP contribution in [0.2, 0.25) is 0 Å². The van der Waals surface area contributed by atoms with E-state index in [1.807, 2.05) is 11.3 Å². The van der Waals surface area contributed by atoms with Gasteiger partial charge < -0.3 is 4.90 Å². The van der Waals surface area contributed by atoms with Gasteiger partial charge in [-0.1, -0.05) is 127 Å². The van der Waals surface area contributed by atoms with Crippen molar-refractivity contribution in [1.82, 2.24) is 0 Å². The summed E-state index contributed by atoms with van der Waals surface area (Å²) < 4.78 is 2.67. The molecule has 1 aromatic heterocycles. The van der Waals surface area contributed by atoms with Gasteiger partial charge in [-0.05, 0) is 115 Å². The standard InChI is InChI=1S/C48H31NS/c1-3-10-32(11-4-1)35-14-9-15-40(27-35)49(41-25-23-37-26-36(19-20-38(37)28-41)33-12-5-2-6-13-33)42-24-22-34-18-21-39-29-48-46(31-45(39)44(34)30-42)43-16-7-8-17-47(43)50-48/h1-31H. The van der Waals surface area contributed by atoms with Gasteiger partial charge in [-0.25, -0.2) is 0 Å². The van der Waals surface area contributed by atoms with Crippen molar-refractivity contribution in [3.05, 3.63) is 188 Å². The van der Waals surface area contributed by atoms with Gasteiger partial charge in [0.05, 0.1) is 0 Å². The molecular weight excluding hydrogens is 623 g/mol. The Morgan fingerprint density at radius 3 is 1.68 bits per heavy atom. The van der Waals surface area contributed by atoms with Crippen molar-refractivity contribution in [2.24, 2.45) is 0 Å². The summed E-state index contributed by atoms with van der Waals surface area (Å²) in [6.45, 7) is 0. The van der Waals surface area contributed by atoms with Crippen molar-refractivity contribution in [2.45, 2.75) is 0 Å². The average molecular weight is 654 g/mol. The topological polar surface area (TPSA) is 3.24 Å². The predicted molar refractivity (Wildman–Crippen MR) is 217 cm³/mol. The molecular formula is C48H31NS. The van der Waals surface area contributed by atoms with Crippen molar-refractivity contribution in [3.63, 3.8) is 0 Å². The van der Waals surface area contributed by atoms with Crippen LogP contribution in [0, 0.1) is 0 Å². The van der Waals surface area contributed by atoms with Crippen LogP contribution in [0.15, 0.2) is 188 Å². The normalized spacial score (nSPS) is 11.6. The lowest BCUT2D eigenvalue weighted by molar-refractivity contribution is 1.29. The van der Waals surface area contributed by atoms with Crippen LogP contribution in [-0.4, -0.2) is 0 Å². The zero-order valence-corrected chi connectivity index (χ0v) is 28.1. The lowest BCUT2D eigenvalue weighted by Crippen LogP contribution is -2.10. The van der Waals surface area contributed by atoms with E-state index < -0.39 is 0 Å². The maximum atomic E-state index is 2.41. The molecule has 1 nitrogen and oxygen atoms in total. The molecule has 1 heterocycles. The van der Waals surface area contributed by atoms with E-state index in [9.17, 15) is 0 Å². The van der Waals surface area contributed by atoms with Gasteiger partial charge in [-0.2, -0.15) is 0 Å². The highest BCUT2D eigenvalue weighted by Crippen LogP contribution is 2.42. The second kappa shape index (κ2) is 11.7. The summed E-state index contributed by atoms with van der Waals surface area (Å²) in [6, 6.07) is 68.8. The highest BCUT2D eigenvalue weighted by molar-refractivity contribution is 7.25. The first-order valence-corrected chi connectivity index (χ1v) is 17.9. The Balaban J connectivity index is 1.17. The van der Waals surface area contributed by atoms with Crippen LogP contribution >= 0.6 is 11.3 Å². The summed E-state index contributed by atoms with van der Waals surface area (Å²) in [5.41, 5.74) is 8.24. The van der Waals surface area contributed by atoms with E-state index in [0.29, 0.717) is 0 Å². The molecule has 0 saturated heterocycles. The van der Waals surface area contributed by atoms with Crippen LogP contribution in [0.3, 0.4) is 0 Å². The van der Waals surface area contributed by atoms with E-state index >= 15 is 0 Å². The van der Waals surface area contributed by atoms with Crippen LogP contribution in [-0.2, 0) is 0 Å². The van der Waals surface area contributed by atoms with E-state index in [1.165, 1.54) is 74.7 Å². The SMILES string of the molecule is c1ccc(-c2cccc(N(c3ccc4cc(-c5ccccc5)ccc4c3)c3ccc4ccc5cc6sc7ccccc7c6cc5c4c3)c2)cc1. The lowest BCUT2D eigenvalue weighted by Gasteiger charge is -2.27. The maximum absolute atomic E-state index is 2.41. The fraction of sp³-hybridized carbons (Fsp3) is 0. The summed E-state index contributed by atoms with van der Waals surface area (Å²) in [7, 11) is 0. The van der Waals surface area contributed by atoms with Crippen LogP contribution in [0.4, 0.5) is 17.1 Å². The Morgan fingerprint density at radius 1 is 0.280 bits per heavy atom. The Labute approximate surface area is 294 Å². The Bertz CT molecular complexity index is 2870. The summed E-state index contributed by atoms with van der Waals surface area (Å²) in [4.78, 5) is 2.41. The largest absolute Gasteiger partial charge is 0.310 e. The van der Waals surface area contributed by atoms with Crippen LogP contribution in [0.5, 0.6) is 0 Å². The van der Waals surface area contributed by atoms with Crippen molar-refractivity contribution in [3.8, 4) is 22.3 Å². The molecule has 0 fully saturated rings. The summed E-state index contributed by atoms with van der Waals surface area (Å²) >= 11 is 1.88. The monoisotopic (exact) mass is 653 g/mol. The first-order valence-electron chi connectivity index (χ1n) is 17.1. The molecule has 0 spiro atoms. The summed E-state index contributed by atoms with van der Waals surface area (Å²) in [5.74, 6) is 0. The minimum Gasteiger partial charge on any atom is -0.310 e. The van der Waals surface area contributed by atoms with E-state index in [-0.39, 0.29) is 0 Å². The van der Waals surface area contributed by atoms with Crippen molar-refractivity contribution in [2.75, 3.05) is 4.90 Å². The van der Waals surface area contributed by atoms with Crippen LogP contribution in [0.1, 0.15) is 0 Å². The Morgan fingerprint density at radius 2 is 0.860 bits per heavy atom. The molecule has 0 N–H and O–H groups in total. The zero-order valence-electron chi connectivity index (χ0n) is 27.3. The molecule has 0 aliphatic heterocycles. The first kappa shape index (κ1) is 28.8. The molecule has 9 aromatic carbocycles. The average Bonchev–Trinajstić information content (AvgIpc) is 3.55. The maximum Gasteiger partial charge on any atom is 0.0468 e. The van der Waals surface area contributed by atoms with Gasteiger partial charge in [0.25, 0.3) is 0 Å². The molecule has 50 heavy (non-hydrogen) atoms. The summed E-state index contributed by atoms with van der Waals surface area (Å²) in [5, 5.41) is 10.1. The molecule has 0 aliphatic carbocycles. The third-order valence-electron chi connectivity index (χ3n) is 9.98. The molecule has 0 bridgehead atoms. The van der Waals surface area contributed by atoms with Gasteiger partial charge in [0, 0.05) is 37.2 Å². The van der Waals surface area contributed by atoms with Crippen LogP contribution in [0.25, 0.3) is 74.7 Å². The molecule has 0 aliphatic rings. The predicted octanol–water partition coefficient (Wildman–Crippen LogP) is 14.3. The number of nitrogens with zero attached hydrogens (tertiary/aromatic N) is 1. The fourth-order valence-electron chi connectivity index (χ4n) is 7.48. The smallest absolute Gasteiger partial charge is 0.0468 e. The Kier molecular flexibility index (Phi) is 6.75. The molecule has 0 unspecified atom stereocenters. The van der Waals surface area contributed by atoms with E-state index in [0.717, 1.165) is 17.1 Å². The van der Waals surface area contributed by atoms with Gasteiger partial charge in [-0.3, -0.25) is 0 Å². The number of hydrogen-bond acceptors (Lipinski definition) is 2. The molecule has 0 atom stereocenters. The van der Waals surface area contributed by atoms with Crippen molar-refractivity contribution >= 4 is 80.9 Å². The first-order chi connectivity index (χ1) is 24.7. The molecule has 234 valence electrons. The van der Waals surface area contributed by atoms with Crippen LogP contribution < -0.4 is 4.90 Å². The lowest BCUT2D eigenvalue weighted by atomic mass is 9.98. The number of fused-ring (bicyclic) bond motifs is 7. The second-order valence-electron chi connectivity index (χ2n) is 13.0. The molecule has 10 aromatic rings. The number of rotatable bonds is 5. The highest BCUT2D eigenvalue weighted by Gasteiger charge is 2.16. The van der Waals surface area contributed by atoms with Crippen molar-refractivity contribution < 1.29 is 0 Å². The van der Waals surface area contributed by atoms with E-state index in [1.54, 1.807) is 0 Å². The van der Waals surface area contributed by atoms with E-state index in [4.69, 9.17) is 0 Å². The van der Waals surface area contributed by atoms with Gasteiger partial charge in [0.2, 0.25) is 0 Å². The summed E-state index contributed by atoms with van der Waals surface area (Å²) in [6.07, 6.45) is 0. The second-order valence-corrected chi connectivity index (χ2v) is 14.1. The Hall–Kier alpha value is -6.22. The number of anilines is 3. The highest BCUT2D eigenvalue weighted by atomic mass is 32.1. The van der Waals surface area contributed by atoms with Crippen molar-refractivity contribution in [1.29, 1.82) is 0 Å². The fourth-order valence-corrected chi connectivity index (χ4v) is 8.62. The van der Waals surface area contributed by atoms with E-state index in [2.05, 4.69) is 193 Å². The third kappa shape index (κ3) is 4.92.